The van der Waals surface area contributed by atoms with Crippen molar-refractivity contribution in [1.82, 2.24) is 15.2 Å². The smallest absolute Gasteiger partial charge is 0.318 e. The second-order valence-electron chi connectivity index (χ2n) is 8.04. The van der Waals surface area contributed by atoms with Gasteiger partial charge in [-0.15, -0.1) is 0 Å². The molecule has 2 atom stereocenters. The van der Waals surface area contributed by atoms with Gasteiger partial charge in [0.05, 0.1) is 18.8 Å². The molecule has 2 aliphatic heterocycles. The number of aromatic nitrogens is 1. The fourth-order valence-corrected chi connectivity index (χ4v) is 4.31. The average molecular weight is 428 g/mol. The number of amides is 3. The molecule has 1 saturated heterocycles. The summed E-state index contributed by atoms with van der Waals surface area (Å²) in [5.41, 5.74) is 2.62. The predicted molar refractivity (Wildman–Crippen MR) is 120 cm³/mol. The quantitative estimate of drug-likeness (QED) is 0.692. The molecule has 0 aliphatic carbocycles. The van der Waals surface area contributed by atoms with E-state index in [-0.39, 0.29) is 18.0 Å². The molecule has 3 amide bonds. The molecule has 5 rings (SSSR count). The van der Waals surface area contributed by atoms with E-state index in [2.05, 4.69) is 10.3 Å². The summed E-state index contributed by atoms with van der Waals surface area (Å²) in [5.74, 6) is 0.543. The lowest BCUT2D eigenvalue weighted by Gasteiger charge is -2.31. The Labute approximate surface area is 186 Å². The number of hydrogen-bond donors (Lipinski definition) is 1. The molecule has 7 heteroatoms. The molecule has 7 nitrogen and oxygen atoms in total. The van der Waals surface area contributed by atoms with Crippen LogP contribution in [0.5, 0.6) is 5.75 Å². The molecule has 1 fully saturated rings. The predicted octanol–water partition coefficient (Wildman–Crippen LogP) is 3.36. The summed E-state index contributed by atoms with van der Waals surface area (Å²) < 4.78 is 6.26. The molecular weight excluding hydrogens is 404 g/mol. The number of hydrogen-bond acceptors (Lipinski definition) is 4. The van der Waals surface area contributed by atoms with Crippen molar-refractivity contribution >= 4 is 17.6 Å². The molecule has 3 aromatic rings. The van der Waals surface area contributed by atoms with Crippen LogP contribution in [0.15, 0.2) is 79.1 Å². The van der Waals surface area contributed by atoms with Gasteiger partial charge >= 0.3 is 6.03 Å². The Kier molecular flexibility index (Phi) is 5.46. The van der Waals surface area contributed by atoms with Crippen LogP contribution in [-0.2, 0) is 17.9 Å². The molecule has 2 aliphatic rings. The zero-order chi connectivity index (χ0) is 21.9. The van der Waals surface area contributed by atoms with Crippen molar-refractivity contribution in [2.24, 2.45) is 0 Å². The second-order valence-corrected chi connectivity index (χ2v) is 8.04. The van der Waals surface area contributed by atoms with Crippen molar-refractivity contribution in [3.05, 3.63) is 90.3 Å². The van der Waals surface area contributed by atoms with Crippen LogP contribution in [0.4, 0.5) is 10.5 Å². The van der Waals surface area contributed by atoms with E-state index in [1.165, 1.54) is 0 Å². The van der Waals surface area contributed by atoms with Gasteiger partial charge < -0.3 is 19.9 Å². The zero-order valence-corrected chi connectivity index (χ0v) is 17.6. The third-order valence-electron chi connectivity index (χ3n) is 5.87. The number of carbonyl (C=O) groups excluding carboxylic acids is 2. The third-order valence-corrected chi connectivity index (χ3v) is 5.87. The van der Waals surface area contributed by atoms with Crippen molar-refractivity contribution in [1.29, 1.82) is 0 Å². The lowest BCUT2D eigenvalue weighted by molar-refractivity contribution is -0.122. The van der Waals surface area contributed by atoms with E-state index < -0.39 is 6.04 Å². The number of urea groups is 1. The van der Waals surface area contributed by atoms with Gasteiger partial charge in [-0.2, -0.15) is 0 Å². The summed E-state index contributed by atoms with van der Waals surface area (Å²) in [6, 6.07) is 20.2. The highest BCUT2D eigenvalue weighted by Gasteiger charge is 2.45. The zero-order valence-electron chi connectivity index (χ0n) is 17.6. The van der Waals surface area contributed by atoms with Crippen LogP contribution in [0.25, 0.3) is 0 Å². The van der Waals surface area contributed by atoms with Crippen molar-refractivity contribution in [2.45, 2.75) is 31.7 Å². The molecule has 32 heavy (non-hydrogen) atoms. The van der Waals surface area contributed by atoms with Gasteiger partial charge in [0, 0.05) is 25.4 Å². The number of fused-ring (bicyclic) bond motifs is 3. The standard InChI is InChI=1S/C25H24N4O3/c30-24-22-13-20(17-29(22)25(31)27-15-18-7-2-1-3-8-18)32-23-11-5-4-10-21(23)28(24)16-19-9-6-12-26-14-19/h1-12,14,20,22H,13,15-17H2,(H,27,31). The van der Waals surface area contributed by atoms with Gasteiger partial charge in [-0.3, -0.25) is 9.78 Å². The van der Waals surface area contributed by atoms with Crippen molar-refractivity contribution in [2.75, 3.05) is 11.4 Å². The third kappa shape index (κ3) is 4.01. The molecule has 2 unspecified atom stereocenters. The maximum atomic E-state index is 13.7. The van der Waals surface area contributed by atoms with Gasteiger partial charge in [-0.25, -0.2) is 4.79 Å². The van der Waals surface area contributed by atoms with Crippen LogP contribution in [0.2, 0.25) is 0 Å². The molecule has 0 saturated carbocycles. The average Bonchev–Trinajstić information content (AvgIpc) is 3.27. The Morgan fingerprint density at radius 2 is 1.81 bits per heavy atom. The number of likely N-dealkylation sites (tertiary alicyclic amines) is 1. The van der Waals surface area contributed by atoms with E-state index in [9.17, 15) is 9.59 Å². The topological polar surface area (TPSA) is 74.8 Å². The maximum Gasteiger partial charge on any atom is 0.318 e. The lowest BCUT2D eigenvalue weighted by Crippen LogP contribution is -2.50. The minimum atomic E-state index is -0.583. The lowest BCUT2D eigenvalue weighted by atomic mass is 10.1. The molecule has 1 N–H and O–H groups in total. The normalized spacial score (nSPS) is 19.6. The summed E-state index contributed by atoms with van der Waals surface area (Å²) in [7, 11) is 0. The van der Waals surface area contributed by atoms with Crippen molar-refractivity contribution in [3.63, 3.8) is 0 Å². The number of ether oxygens (including phenoxy) is 1. The first kappa shape index (κ1) is 20.1. The van der Waals surface area contributed by atoms with Crippen molar-refractivity contribution in [3.8, 4) is 5.75 Å². The van der Waals surface area contributed by atoms with Crippen LogP contribution < -0.4 is 15.0 Å². The van der Waals surface area contributed by atoms with E-state index in [4.69, 9.17) is 4.74 Å². The highest BCUT2D eigenvalue weighted by Crippen LogP contribution is 2.37. The number of rotatable bonds is 4. The Bertz CT molecular complexity index is 1100. The first-order valence-corrected chi connectivity index (χ1v) is 10.7. The molecule has 162 valence electrons. The molecule has 1 aromatic heterocycles. The van der Waals surface area contributed by atoms with E-state index in [0.29, 0.717) is 37.5 Å². The number of nitrogens with zero attached hydrogens (tertiary/aromatic N) is 3. The van der Waals surface area contributed by atoms with Gasteiger partial charge in [0.2, 0.25) is 5.91 Å². The van der Waals surface area contributed by atoms with Gasteiger partial charge in [-0.1, -0.05) is 48.5 Å². The minimum absolute atomic E-state index is 0.109. The van der Waals surface area contributed by atoms with Crippen molar-refractivity contribution < 1.29 is 14.3 Å². The fraction of sp³-hybridized carbons (Fsp3) is 0.240. The second kappa shape index (κ2) is 8.70. The molecule has 2 bridgehead atoms. The SMILES string of the molecule is O=C1C2CC(CN2C(=O)NCc2ccccc2)Oc2ccccc2N1Cc1cccnc1. The van der Waals surface area contributed by atoms with Crippen LogP contribution >= 0.6 is 0 Å². The highest BCUT2D eigenvalue weighted by molar-refractivity contribution is 6.00. The maximum absolute atomic E-state index is 13.7. The fourth-order valence-electron chi connectivity index (χ4n) is 4.31. The summed E-state index contributed by atoms with van der Waals surface area (Å²) in [4.78, 5) is 34.3. The minimum Gasteiger partial charge on any atom is -0.486 e. The number of para-hydroxylation sites is 2. The van der Waals surface area contributed by atoms with Gasteiger partial charge in [0.1, 0.15) is 17.9 Å². The van der Waals surface area contributed by atoms with E-state index in [0.717, 1.165) is 11.1 Å². The Morgan fingerprint density at radius 1 is 1.03 bits per heavy atom. The molecule has 0 spiro atoms. The van der Waals surface area contributed by atoms with Gasteiger partial charge in [0.25, 0.3) is 0 Å². The largest absolute Gasteiger partial charge is 0.486 e. The van der Waals surface area contributed by atoms with Gasteiger partial charge in [0.15, 0.2) is 0 Å². The molecular formula is C25H24N4O3. The Hall–Kier alpha value is -3.87. The van der Waals surface area contributed by atoms with E-state index >= 15 is 0 Å². The number of benzene rings is 2. The van der Waals surface area contributed by atoms with Crippen LogP contribution in [0, 0.1) is 0 Å². The summed E-state index contributed by atoms with van der Waals surface area (Å²) in [6.45, 7) is 1.13. The molecule has 0 radical (unpaired) electrons. The summed E-state index contributed by atoms with van der Waals surface area (Å²) >= 11 is 0. The molecule has 3 heterocycles. The van der Waals surface area contributed by atoms with Gasteiger partial charge in [-0.05, 0) is 29.3 Å². The number of anilines is 1. The number of pyridine rings is 1. The number of nitrogens with one attached hydrogen (secondary N) is 1. The van der Waals surface area contributed by atoms with Crippen LogP contribution in [0.3, 0.4) is 0 Å². The Morgan fingerprint density at radius 3 is 2.62 bits per heavy atom. The summed E-state index contributed by atoms with van der Waals surface area (Å²) in [5, 5.41) is 2.95. The summed E-state index contributed by atoms with van der Waals surface area (Å²) in [6.07, 6.45) is 3.69. The van der Waals surface area contributed by atoms with E-state index in [1.54, 1.807) is 22.2 Å². The Balaban J connectivity index is 1.41. The number of carbonyl (C=O) groups is 2. The van der Waals surface area contributed by atoms with Crippen LogP contribution in [0.1, 0.15) is 17.5 Å². The first-order valence-electron chi connectivity index (χ1n) is 10.7. The van der Waals surface area contributed by atoms with Crippen LogP contribution in [-0.4, -0.2) is 40.5 Å². The molecule has 2 aromatic carbocycles. The van der Waals surface area contributed by atoms with E-state index in [1.807, 2.05) is 66.7 Å². The first-order chi connectivity index (χ1) is 15.7. The highest BCUT2D eigenvalue weighted by atomic mass is 16.5. The monoisotopic (exact) mass is 428 g/mol.